The van der Waals surface area contributed by atoms with Gasteiger partial charge in [-0.25, -0.2) is 8.42 Å². The van der Waals surface area contributed by atoms with Crippen LogP contribution in [0.5, 0.6) is 0 Å². The van der Waals surface area contributed by atoms with Gasteiger partial charge in [-0.1, -0.05) is 36.4 Å². The molecule has 116 valence electrons. The lowest BCUT2D eigenvalue weighted by molar-refractivity contribution is 0.601. The molecule has 0 aliphatic carbocycles. The normalized spacial score (nSPS) is 11.3. The van der Waals surface area contributed by atoms with Gasteiger partial charge < -0.3 is 5.73 Å². The van der Waals surface area contributed by atoms with Crippen LogP contribution in [-0.2, 0) is 10.0 Å². The van der Waals surface area contributed by atoms with E-state index in [0.29, 0.717) is 16.6 Å². The zero-order chi connectivity index (χ0) is 16.4. The predicted octanol–water partition coefficient (Wildman–Crippen LogP) is 2.92. The van der Waals surface area contributed by atoms with E-state index < -0.39 is 10.0 Å². The van der Waals surface area contributed by atoms with Crippen molar-refractivity contribution in [3.05, 3.63) is 72.3 Å². The second kappa shape index (κ2) is 5.73. The number of para-hydroxylation sites is 1. The third-order valence-electron chi connectivity index (χ3n) is 3.46. The summed E-state index contributed by atoms with van der Waals surface area (Å²) in [5.74, 6) is -0.0532. The Kier molecular flexibility index (Phi) is 3.75. The van der Waals surface area contributed by atoms with Crippen molar-refractivity contribution in [3.8, 4) is 0 Å². The summed E-state index contributed by atoms with van der Waals surface area (Å²) in [5.41, 5.74) is 6.55. The van der Waals surface area contributed by atoms with Crippen molar-refractivity contribution in [1.29, 1.82) is 5.41 Å². The highest BCUT2D eigenvalue weighted by Gasteiger charge is 2.14. The molecule has 0 unspecified atom stereocenters. The topological polar surface area (TPSA) is 96.0 Å². The first kappa shape index (κ1) is 15.1. The monoisotopic (exact) mass is 325 g/mol. The number of rotatable bonds is 4. The van der Waals surface area contributed by atoms with Crippen LogP contribution in [0, 0.1) is 5.41 Å². The van der Waals surface area contributed by atoms with Gasteiger partial charge in [0.25, 0.3) is 10.0 Å². The van der Waals surface area contributed by atoms with Crippen LogP contribution in [0.2, 0.25) is 0 Å². The number of nitrogens with one attached hydrogen (secondary N) is 2. The van der Waals surface area contributed by atoms with Crippen LogP contribution in [-0.4, -0.2) is 14.3 Å². The Bertz CT molecular complexity index is 983. The van der Waals surface area contributed by atoms with Gasteiger partial charge in [0.15, 0.2) is 0 Å². The molecular weight excluding hydrogens is 310 g/mol. The van der Waals surface area contributed by atoms with Crippen molar-refractivity contribution < 1.29 is 8.42 Å². The van der Waals surface area contributed by atoms with Crippen LogP contribution in [0.1, 0.15) is 5.56 Å². The maximum Gasteiger partial charge on any atom is 0.261 e. The van der Waals surface area contributed by atoms with Gasteiger partial charge in [-0.15, -0.1) is 0 Å². The highest BCUT2D eigenvalue weighted by Crippen LogP contribution is 2.22. The highest BCUT2D eigenvalue weighted by molar-refractivity contribution is 7.92. The average molecular weight is 325 g/mol. The molecule has 3 aromatic carbocycles. The lowest BCUT2D eigenvalue weighted by atomic mass is 10.1. The average Bonchev–Trinajstić information content (AvgIpc) is 2.54. The fourth-order valence-corrected chi connectivity index (χ4v) is 3.37. The summed E-state index contributed by atoms with van der Waals surface area (Å²) in [7, 11) is -3.67. The van der Waals surface area contributed by atoms with Crippen LogP contribution < -0.4 is 10.5 Å². The maximum atomic E-state index is 12.5. The molecule has 23 heavy (non-hydrogen) atoms. The molecule has 0 heterocycles. The summed E-state index contributed by atoms with van der Waals surface area (Å²) < 4.78 is 27.5. The third-order valence-corrected chi connectivity index (χ3v) is 4.84. The van der Waals surface area contributed by atoms with E-state index in [-0.39, 0.29) is 10.7 Å². The van der Waals surface area contributed by atoms with Crippen LogP contribution in [0.25, 0.3) is 10.8 Å². The van der Waals surface area contributed by atoms with Crippen molar-refractivity contribution in [1.82, 2.24) is 0 Å². The number of amidine groups is 1. The molecule has 0 bridgehead atoms. The van der Waals surface area contributed by atoms with Gasteiger partial charge in [0.2, 0.25) is 0 Å². The molecule has 6 heteroatoms. The molecule has 0 saturated heterocycles. The second-order valence-corrected chi connectivity index (χ2v) is 6.79. The summed E-state index contributed by atoms with van der Waals surface area (Å²) in [4.78, 5) is 0.162. The zero-order valence-corrected chi connectivity index (χ0v) is 13.0. The Morgan fingerprint density at radius 1 is 0.913 bits per heavy atom. The van der Waals surface area contributed by atoms with Gasteiger partial charge in [-0.3, -0.25) is 10.1 Å². The van der Waals surface area contributed by atoms with Crippen LogP contribution in [0.4, 0.5) is 5.69 Å². The molecule has 0 aliphatic heterocycles. The van der Waals surface area contributed by atoms with E-state index in [9.17, 15) is 8.42 Å². The Balaban J connectivity index is 2.03. The number of sulfonamides is 1. The van der Waals surface area contributed by atoms with E-state index in [4.69, 9.17) is 11.1 Å². The smallest absolute Gasteiger partial charge is 0.261 e. The molecule has 3 rings (SSSR count). The largest absolute Gasteiger partial charge is 0.384 e. The van der Waals surface area contributed by atoms with Crippen molar-refractivity contribution in [3.63, 3.8) is 0 Å². The molecule has 0 atom stereocenters. The highest BCUT2D eigenvalue weighted by atomic mass is 32.2. The van der Waals surface area contributed by atoms with Gasteiger partial charge in [-0.2, -0.15) is 0 Å². The first-order valence-corrected chi connectivity index (χ1v) is 8.40. The molecule has 4 N–H and O–H groups in total. The van der Waals surface area contributed by atoms with Crippen LogP contribution in [0.15, 0.2) is 71.6 Å². The fraction of sp³-hybridized carbons (Fsp3) is 0. The predicted molar refractivity (Wildman–Crippen MR) is 92.2 cm³/mol. The Morgan fingerprint density at radius 3 is 2.30 bits per heavy atom. The van der Waals surface area contributed by atoms with Crippen molar-refractivity contribution in [2.75, 3.05) is 4.72 Å². The number of nitrogen functional groups attached to an aromatic ring is 1. The van der Waals surface area contributed by atoms with Crippen molar-refractivity contribution in [2.24, 2.45) is 5.73 Å². The summed E-state index contributed by atoms with van der Waals surface area (Å²) >= 11 is 0. The molecule has 0 fully saturated rings. The molecule has 3 aromatic rings. The van der Waals surface area contributed by atoms with Crippen LogP contribution in [0.3, 0.4) is 0 Å². The van der Waals surface area contributed by atoms with E-state index >= 15 is 0 Å². The summed E-state index contributed by atoms with van der Waals surface area (Å²) in [6.07, 6.45) is 0. The third kappa shape index (κ3) is 3.17. The minimum absolute atomic E-state index is 0.0532. The molecule has 0 spiro atoms. The van der Waals surface area contributed by atoms with Crippen molar-refractivity contribution >= 4 is 32.3 Å². The SMILES string of the molecule is N=C(N)c1ccc2ccc(S(=O)(=O)Nc3ccccc3)cc2c1. The second-order valence-electron chi connectivity index (χ2n) is 5.11. The molecule has 5 nitrogen and oxygen atoms in total. The first-order chi connectivity index (χ1) is 11.0. The number of hydrogen-bond donors (Lipinski definition) is 3. The number of hydrogen-bond acceptors (Lipinski definition) is 3. The Labute approximate surface area is 134 Å². The maximum absolute atomic E-state index is 12.5. The molecule has 0 aliphatic rings. The number of fused-ring (bicyclic) bond motifs is 1. The molecular formula is C17H15N3O2S. The lowest BCUT2D eigenvalue weighted by Gasteiger charge is -2.09. The van der Waals surface area contributed by atoms with Gasteiger partial charge >= 0.3 is 0 Å². The number of anilines is 1. The summed E-state index contributed by atoms with van der Waals surface area (Å²) in [6, 6.07) is 18.8. The molecule has 0 saturated carbocycles. The molecule has 0 radical (unpaired) electrons. The molecule has 0 aromatic heterocycles. The summed E-state index contributed by atoms with van der Waals surface area (Å²) in [6.45, 7) is 0. The van der Waals surface area contributed by atoms with Gasteiger partial charge in [0.05, 0.1) is 4.90 Å². The van der Waals surface area contributed by atoms with E-state index in [1.807, 2.05) is 12.1 Å². The van der Waals surface area contributed by atoms with Crippen molar-refractivity contribution in [2.45, 2.75) is 4.90 Å². The van der Waals surface area contributed by atoms with E-state index in [2.05, 4.69) is 4.72 Å². The van der Waals surface area contributed by atoms with E-state index in [1.54, 1.807) is 54.6 Å². The van der Waals surface area contributed by atoms with E-state index in [0.717, 1.165) is 5.39 Å². The van der Waals surface area contributed by atoms with Gasteiger partial charge in [-0.05, 0) is 41.1 Å². The lowest BCUT2D eigenvalue weighted by Crippen LogP contribution is -2.13. The quantitative estimate of drug-likeness (QED) is 0.508. The minimum Gasteiger partial charge on any atom is -0.384 e. The summed E-state index contributed by atoms with van der Waals surface area (Å²) in [5, 5.41) is 9.08. The van der Waals surface area contributed by atoms with E-state index in [1.165, 1.54) is 0 Å². The standard InChI is InChI=1S/C17H15N3O2S/c18-17(19)13-7-6-12-8-9-16(11-14(12)10-13)23(21,22)20-15-4-2-1-3-5-15/h1-11,20H,(H3,18,19). The Hall–Kier alpha value is -2.86. The number of nitrogens with two attached hydrogens (primary N) is 1. The molecule has 0 amide bonds. The first-order valence-electron chi connectivity index (χ1n) is 6.92. The van der Waals surface area contributed by atoms with Gasteiger partial charge in [0, 0.05) is 11.3 Å². The Morgan fingerprint density at radius 2 is 1.61 bits per heavy atom. The van der Waals surface area contributed by atoms with Crippen LogP contribution >= 0.6 is 0 Å². The number of benzene rings is 3. The zero-order valence-electron chi connectivity index (χ0n) is 12.2. The fourth-order valence-electron chi connectivity index (χ4n) is 2.28. The minimum atomic E-state index is -3.67. The van der Waals surface area contributed by atoms with Gasteiger partial charge in [0.1, 0.15) is 5.84 Å².